The van der Waals surface area contributed by atoms with Gasteiger partial charge in [0, 0.05) is 12.7 Å². The van der Waals surface area contributed by atoms with E-state index in [-0.39, 0.29) is 15.8 Å². The lowest BCUT2D eigenvalue weighted by Gasteiger charge is -2.15. The van der Waals surface area contributed by atoms with Crippen molar-refractivity contribution in [3.63, 3.8) is 0 Å². The van der Waals surface area contributed by atoms with Crippen LogP contribution in [0, 0.1) is 5.82 Å². The lowest BCUT2D eigenvalue weighted by atomic mass is 10.3. The number of halogens is 2. The Bertz CT molecular complexity index is 779. The second kappa shape index (κ2) is 6.74. The summed E-state index contributed by atoms with van der Waals surface area (Å²) in [6.45, 7) is -0.366. The van der Waals surface area contributed by atoms with E-state index >= 15 is 0 Å². The Hall–Kier alpha value is -1.48. The van der Waals surface area contributed by atoms with Crippen molar-refractivity contribution < 1.29 is 17.6 Å². The summed E-state index contributed by atoms with van der Waals surface area (Å²) in [7, 11) is -2.38. The van der Waals surface area contributed by atoms with Crippen molar-refractivity contribution in [2.45, 2.75) is 4.21 Å². The van der Waals surface area contributed by atoms with Gasteiger partial charge in [-0.25, -0.2) is 12.8 Å². The molecule has 0 fully saturated rings. The first-order valence-electron chi connectivity index (χ1n) is 6.05. The number of nitrogens with zero attached hydrogens (tertiary/aromatic N) is 1. The number of nitrogens with one attached hydrogen (secondary N) is 1. The van der Waals surface area contributed by atoms with E-state index < -0.39 is 21.7 Å². The first-order chi connectivity index (χ1) is 10.3. The molecular formula is C13H12ClFN2O3S2. The summed E-state index contributed by atoms with van der Waals surface area (Å²) in [6.07, 6.45) is 0. The molecule has 1 amide bonds. The van der Waals surface area contributed by atoms with Crippen LogP contribution in [0.5, 0.6) is 0 Å². The molecular weight excluding hydrogens is 351 g/mol. The van der Waals surface area contributed by atoms with Crippen molar-refractivity contribution in [3.05, 3.63) is 46.6 Å². The number of rotatable bonds is 5. The number of hydrogen-bond donors (Lipinski definition) is 1. The maximum Gasteiger partial charge on any atom is 0.252 e. The molecule has 0 atom stereocenters. The molecule has 0 unspecified atom stereocenters. The maximum absolute atomic E-state index is 13.0. The summed E-state index contributed by atoms with van der Waals surface area (Å²) >= 11 is 6.68. The molecule has 9 heteroatoms. The molecule has 0 saturated heterocycles. The van der Waals surface area contributed by atoms with E-state index in [1.54, 1.807) is 11.4 Å². The number of thiophene rings is 1. The molecule has 0 saturated carbocycles. The van der Waals surface area contributed by atoms with Crippen molar-refractivity contribution in [2.24, 2.45) is 0 Å². The summed E-state index contributed by atoms with van der Waals surface area (Å²) in [5.41, 5.74) is 0.290. The molecule has 5 nitrogen and oxygen atoms in total. The molecule has 118 valence electrons. The average molecular weight is 363 g/mol. The van der Waals surface area contributed by atoms with Crippen molar-refractivity contribution in [3.8, 4) is 0 Å². The molecule has 0 radical (unpaired) electrons. The van der Waals surface area contributed by atoms with Crippen LogP contribution in [-0.4, -0.2) is 32.2 Å². The van der Waals surface area contributed by atoms with Gasteiger partial charge in [-0.2, -0.15) is 4.31 Å². The second-order valence-electron chi connectivity index (χ2n) is 4.37. The molecule has 0 bridgehead atoms. The highest BCUT2D eigenvalue weighted by Gasteiger charge is 2.23. The Morgan fingerprint density at radius 1 is 1.41 bits per heavy atom. The Morgan fingerprint density at radius 3 is 2.73 bits per heavy atom. The molecule has 0 aliphatic carbocycles. The highest BCUT2D eigenvalue weighted by atomic mass is 35.5. The SMILES string of the molecule is CN(CC(=O)Nc1ccc(F)c(Cl)c1)S(=O)(=O)c1cccs1. The number of carbonyl (C=O) groups is 1. The van der Waals surface area contributed by atoms with E-state index in [0.717, 1.165) is 21.7 Å². The molecule has 2 rings (SSSR count). The Kier molecular flexibility index (Phi) is 5.17. The van der Waals surface area contributed by atoms with E-state index in [1.807, 2.05) is 0 Å². The molecule has 0 aliphatic heterocycles. The zero-order chi connectivity index (χ0) is 16.3. The molecule has 1 N–H and O–H groups in total. The van der Waals surface area contributed by atoms with Gasteiger partial charge in [0.05, 0.1) is 11.6 Å². The van der Waals surface area contributed by atoms with E-state index in [1.165, 1.54) is 25.2 Å². The van der Waals surface area contributed by atoms with Crippen molar-refractivity contribution in [1.29, 1.82) is 0 Å². The zero-order valence-electron chi connectivity index (χ0n) is 11.4. The monoisotopic (exact) mass is 362 g/mol. The zero-order valence-corrected chi connectivity index (χ0v) is 13.8. The van der Waals surface area contributed by atoms with Gasteiger partial charge in [0.2, 0.25) is 5.91 Å². The standard InChI is InChI=1S/C13H12ClFN2O3S2/c1-17(22(19,20)13-3-2-6-21-13)8-12(18)16-9-4-5-11(15)10(14)7-9/h2-7H,8H2,1H3,(H,16,18). The van der Waals surface area contributed by atoms with Crippen LogP contribution in [0.4, 0.5) is 10.1 Å². The van der Waals surface area contributed by atoms with Crippen LogP contribution < -0.4 is 5.32 Å². The highest BCUT2D eigenvalue weighted by molar-refractivity contribution is 7.91. The third-order valence-electron chi connectivity index (χ3n) is 2.73. The molecule has 2 aromatic rings. The Balaban J connectivity index is 2.04. The summed E-state index contributed by atoms with van der Waals surface area (Å²) < 4.78 is 38.5. The van der Waals surface area contributed by atoms with Crippen LogP contribution in [0.25, 0.3) is 0 Å². The first kappa shape index (κ1) is 16.9. The van der Waals surface area contributed by atoms with Crippen LogP contribution in [-0.2, 0) is 14.8 Å². The summed E-state index contributed by atoms with van der Waals surface area (Å²) in [4.78, 5) is 11.9. The molecule has 0 spiro atoms. The molecule has 1 heterocycles. The number of amides is 1. The summed E-state index contributed by atoms with van der Waals surface area (Å²) in [5.74, 6) is -1.15. The van der Waals surface area contributed by atoms with E-state index in [0.29, 0.717) is 5.69 Å². The number of hydrogen-bond acceptors (Lipinski definition) is 4. The fourth-order valence-corrected chi connectivity index (χ4v) is 4.13. The second-order valence-corrected chi connectivity index (χ2v) is 8.00. The Morgan fingerprint density at radius 2 is 2.14 bits per heavy atom. The lowest BCUT2D eigenvalue weighted by Crippen LogP contribution is -2.34. The lowest BCUT2D eigenvalue weighted by molar-refractivity contribution is -0.116. The fraction of sp³-hybridized carbons (Fsp3) is 0.154. The van der Waals surface area contributed by atoms with Crippen molar-refractivity contribution in [2.75, 3.05) is 18.9 Å². The summed E-state index contributed by atoms with van der Waals surface area (Å²) in [5, 5.41) is 3.98. The van der Waals surface area contributed by atoms with Crippen molar-refractivity contribution >= 4 is 44.6 Å². The smallest absolute Gasteiger partial charge is 0.252 e. The first-order valence-corrected chi connectivity index (χ1v) is 8.75. The van der Waals surface area contributed by atoms with Gasteiger partial charge in [-0.05, 0) is 29.6 Å². The molecule has 22 heavy (non-hydrogen) atoms. The van der Waals surface area contributed by atoms with Gasteiger partial charge >= 0.3 is 0 Å². The Labute approximate surface area is 136 Å². The maximum atomic E-state index is 13.0. The number of sulfonamides is 1. The fourth-order valence-electron chi connectivity index (χ4n) is 1.63. The topological polar surface area (TPSA) is 66.5 Å². The van der Waals surface area contributed by atoms with Gasteiger partial charge in [0.25, 0.3) is 10.0 Å². The van der Waals surface area contributed by atoms with Gasteiger partial charge in [0.1, 0.15) is 10.0 Å². The van der Waals surface area contributed by atoms with Gasteiger partial charge in [0.15, 0.2) is 0 Å². The predicted octanol–water partition coefficient (Wildman–Crippen LogP) is 2.80. The normalized spacial score (nSPS) is 11.6. The van der Waals surface area contributed by atoms with Crippen LogP contribution in [0.1, 0.15) is 0 Å². The quantitative estimate of drug-likeness (QED) is 0.889. The number of carbonyl (C=O) groups excluding carboxylic acids is 1. The van der Waals surface area contributed by atoms with E-state index in [9.17, 15) is 17.6 Å². The summed E-state index contributed by atoms with van der Waals surface area (Å²) in [6, 6.07) is 6.79. The molecule has 1 aromatic carbocycles. The third-order valence-corrected chi connectivity index (χ3v) is 6.20. The minimum Gasteiger partial charge on any atom is -0.325 e. The minimum atomic E-state index is -3.69. The van der Waals surface area contributed by atoms with Crippen LogP contribution in [0.2, 0.25) is 5.02 Å². The average Bonchev–Trinajstić information content (AvgIpc) is 2.97. The van der Waals surface area contributed by atoms with Crippen LogP contribution in [0.3, 0.4) is 0 Å². The highest BCUT2D eigenvalue weighted by Crippen LogP contribution is 2.21. The van der Waals surface area contributed by atoms with Crippen molar-refractivity contribution in [1.82, 2.24) is 4.31 Å². The largest absolute Gasteiger partial charge is 0.325 e. The van der Waals surface area contributed by atoms with E-state index in [4.69, 9.17) is 11.6 Å². The van der Waals surface area contributed by atoms with Gasteiger partial charge in [-0.1, -0.05) is 17.7 Å². The number of benzene rings is 1. The number of anilines is 1. The van der Waals surface area contributed by atoms with E-state index in [2.05, 4.69) is 5.32 Å². The van der Waals surface area contributed by atoms with Gasteiger partial charge < -0.3 is 5.32 Å². The molecule has 1 aromatic heterocycles. The predicted molar refractivity (Wildman–Crippen MR) is 84.2 cm³/mol. The molecule has 0 aliphatic rings. The van der Waals surface area contributed by atoms with Gasteiger partial charge in [-0.3, -0.25) is 4.79 Å². The minimum absolute atomic E-state index is 0.127. The van der Waals surface area contributed by atoms with Gasteiger partial charge in [-0.15, -0.1) is 11.3 Å². The number of likely N-dealkylation sites (N-methyl/N-ethyl adjacent to an activating group) is 1. The van der Waals surface area contributed by atoms with Crippen LogP contribution >= 0.6 is 22.9 Å². The third kappa shape index (κ3) is 3.83. The van der Waals surface area contributed by atoms with Crippen LogP contribution in [0.15, 0.2) is 39.9 Å².